The number of rotatable bonds is 1. The largest absolute Gasteiger partial charge is 0.465 e. The molecule has 4 heteroatoms. The Morgan fingerprint density at radius 1 is 1.39 bits per heavy atom. The Kier molecular flexibility index (Phi) is 2.93. The van der Waals surface area contributed by atoms with Crippen LogP contribution in [0.15, 0.2) is 23.3 Å². The van der Waals surface area contributed by atoms with Gasteiger partial charge in [-0.05, 0) is 32.3 Å². The lowest BCUT2D eigenvalue weighted by atomic mass is 9.59. The van der Waals surface area contributed by atoms with Crippen LogP contribution < -0.4 is 0 Å². The normalized spacial score (nSPS) is 30.1. The van der Waals surface area contributed by atoms with Gasteiger partial charge < -0.3 is 9.84 Å². The molecule has 0 heterocycles. The number of hydrogen-bond donors (Lipinski definition) is 1. The predicted molar refractivity (Wildman–Crippen MR) is 65.8 cm³/mol. The van der Waals surface area contributed by atoms with Crippen LogP contribution in [-0.4, -0.2) is 29.6 Å². The van der Waals surface area contributed by atoms with Gasteiger partial charge in [0.05, 0.1) is 12.7 Å². The van der Waals surface area contributed by atoms with E-state index in [4.69, 9.17) is 0 Å². The molecule has 18 heavy (non-hydrogen) atoms. The lowest BCUT2D eigenvalue weighted by Crippen LogP contribution is -2.51. The Hall–Kier alpha value is -1.42. The number of ketones is 1. The molecule has 0 amide bonds. The molecule has 2 aliphatic carbocycles. The first-order chi connectivity index (χ1) is 8.35. The van der Waals surface area contributed by atoms with Crippen LogP contribution >= 0.6 is 0 Å². The second-order valence-electron chi connectivity index (χ2n) is 5.33. The SMILES string of the molecule is COC(=O)C1=C(C)C2(CC=CC2)C(C)(O)CC1=O. The van der Waals surface area contributed by atoms with Gasteiger partial charge in [-0.15, -0.1) is 0 Å². The molecule has 1 atom stereocenters. The fourth-order valence-electron chi connectivity index (χ4n) is 3.19. The summed E-state index contributed by atoms with van der Waals surface area (Å²) >= 11 is 0. The monoisotopic (exact) mass is 250 g/mol. The van der Waals surface area contributed by atoms with Crippen LogP contribution in [0.2, 0.25) is 0 Å². The molecule has 0 saturated carbocycles. The molecule has 1 spiro atoms. The Bertz CT molecular complexity index is 460. The zero-order valence-corrected chi connectivity index (χ0v) is 10.9. The predicted octanol–water partition coefficient (Wildman–Crippen LogP) is 1.54. The maximum atomic E-state index is 12.0. The average molecular weight is 250 g/mol. The topological polar surface area (TPSA) is 63.6 Å². The molecule has 1 unspecified atom stereocenters. The summed E-state index contributed by atoms with van der Waals surface area (Å²) < 4.78 is 4.68. The highest BCUT2D eigenvalue weighted by Crippen LogP contribution is 2.54. The third-order valence-corrected chi connectivity index (χ3v) is 4.40. The van der Waals surface area contributed by atoms with Crippen molar-refractivity contribution in [2.75, 3.05) is 7.11 Å². The summed E-state index contributed by atoms with van der Waals surface area (Å²) in [4.78, 5) is 23.8. The molecule has 0 aliphatic heterocycles. The van der Waals surface area contributed by atoms with E-state index in [1.807, 2.05) is 12.2 Å². The van der Waals surface area contributed by atoms with Crippen molar-refractivity contribution in [3.63, 3.8) is 0 Å². The molecule has 0 bridgehead atoms. The van der Waals surface area contributed by atoms with Crippen LogP contribution in [0, 0.1) is 5.41 Å². The van der Waals surface area contributed by atoms with Crippen LogP contribution in [0.25, 0.3) is 0 Å². The van der Waals surface area contributed by atoms with Gasteiger partial charge in [-0.25, -0.2) is 4.79 Å². The first-order valence-electron chi connectivity index (χ1n) is 6.06. The standard InChI is InChI=1S/C14H18O4/c1-9-11(12(16)18-3)10(15)8-13(2,17)14(9)6-4-5-7-14/h4-5,17H,6-8H2,1-3H3. The number of hydrogen-bond acceptors (Lipinski definition) is 4. The number of carbonyl (C=O) groups excluding carboxylic acids is 2. The zero-order chi connectivity index (χ0) is 13.6. The fourth-order valence-corrected chi connectivity index (χ4v) is 3.19. The zero-order valence-electron chi connectivity index (χ0n) is 10.9. The van der Waals surface area contributed by atoms with Gasteiger partial charge in [-0.2, -0.15) is 0 Å². The molecule has 0 saturated heterocycles. The summed E-state index contributed by atoms with van der Waals surface area (Å²) in [5.41, 5.74) is -0.882. The fraction of sp³-hybridized carbons (Fsp3) is 0.571. The number of methoxy groups -OCH3 is 1. The summed E-state index contributed by atoms with van der Waals surface area (Å²) in [5, 5.41) is 10.6. The number of carbonyl (C=O) groups is 2. The summed E-state index contributed by atoms with van der Waals surface area (Å²) in [6, 6.07) is 0. The molecule has 0 aromatic rings. The third-order valence-electron chi connectivity index (χ3n) is 4.40. The summed E-state index contributed by atoms with van der Waals surface area (Å²) in [6.45, 7) is 3.43. The molecule has 0 aromatic carbocycles. The molecule has 0 fully saturated rings. The lowest BCUT2D eigenvalue weighted by molar-refractivity contribution is -0.141. The lowest BCUT2D eigenvalue weighted by Gasteiger charge is -2.47. The van der Waals surface area contributed by atoms with Gasteiger partial charge in [0, 0.05) is 11.8 Å². The molecule has 4 nitrogen and oxygen atoms in total. The van der Waals surface area contributed by atoms with E-state index in [2.05, 4.69) is 4.74 Å². The minimum atomic E-state index is -1.12. The van der Waals surface area contributed by atoms with Gasteiger partial charge in [0.1, 0.15) is 5.57 Å². The quantitative estimate of drug-likeness (QED) is 0.435. The van der Waals surface area contributed by atoms with E-state index in [1.54, 1.807) is 13.8 Å². The highest BCUT2D eigenvalue weighted by atomic mass is 16.5. The van der Waals surface area contributed by atoms with Gasteiger partial charge in [0.25, 0.3) is 0 Å². The van der Waals surface area contributed by atoms with E-state index >= 15 is 0 Å². The highest BCUT2D eigenvalue weighted by Gasteiger charge is 2.54. The summed E-state index contributed by atoms with van der Waals surface area (Å²) in [7, 11) is 1.27. The maximum absolute atomic E-state index is 12.0. The van der Waals surface area contributed by atoms with E-state index in [1.165, 1.54) is 7.11 Å². The van der Waals surface area contributed by atoms with Gasteiger partial charge in [0.15, 0.2) is 5.78 Å². The van der Waals surface area contributed by atoms with Crippen molar-refractivity contribution in [1.82, 2.24) is 0 Å². The number of esters is 1. The van der Waals surface area contributed by atoms with Crippen molar-refractivity contribution >= 4 is 11.8 Å². The molecular formula is C14H18O4. The van der Waals surface area contributed by atoms with E-state index in [0.717, 1.165) is 0 Å². The number of Topliss-reactive ketones (excluding diaryl/α,β-unsaturated/α-hetero) is 1. The molecule has 1 N–H and O–H groups in total. The Morgan fingerprint density at radius 3 is 2.44 bits per heavy atom. The van der Waals surface area contributed by atoms with Gasteiger partial charge in [0.2, 0.25) is 0 Å². The molecule has 2 aliphatic rings. The average Bonchev–Trinajstić information content (AvgIpc) is 2.77. The van der Waals surface area contributed by atoms with Crippen LogP contribution in [0.4, 0.5) is 0 Å². The van der Waals surface area contributed by atoms with Crippen molar-refractivity contribution in [3.8, 4) is 0 Å². The molecule has 2 rings (SSSR count). The number of ether oxygens (including phenoxy) is 1. The van der Waals surface area contributed by atoms with Crippen LogP contribution in [0.3, 0.4) is 0 Å². The van der Waals surface area contributed by atoms with Gasteiger partial charge in [-0.3, -0.25) is 4.79 Å². The Morgan fingerprint density at radius 2 is 1.94 bits per heavy atom. The van der Waals surface area contributed by atoms with Crippen molar-refractivity contribution in [2.45, 2.75) is 38.7 Å². The van der Waals surface area contributed by atoms with E-state index < -0.39 is 17.0 Å². The maximum Gasteiger partial charge on any atom is 0.341 e. The highest BCUT2D eigenvalue weighted by molar-refractivity contribution is 6.19. The first kappa shape index (κ1) is 13.0. The van der Waals surface area contributed by atoms with E-state index in [-0.39, 0.29) is 17.8 Å². The van der Waals surface area contributed by atoms with E-state index in [0.29, 0.717) is 18.4 Å². The molecule has 0 radical (unpaired) electrons. The van der Waals surface area contributed by atoms with Crippen molar-refractivity contribution < 1.29 is 19.4 Å². The van der Waals surface area contributed by atoms with Gasteiger partial charge >= 0.3 is 5.97 Å². The van der Waals surface area contributed by atoms with E-state index in [9.17, 15) is 14.7 Å². The van der Waals surface area contributed by atoms with Crippen LogP contribution in [-0.2, 0) is 14.3 Å². The second-order valence-corrected chi connectivity index (χ2v) is 5.33. The minimum Gasteiger partial charge on any atom is -0.465 e. The Balaban J connectivity index is 2.59. The number of aliphatic hydroxyl groups is 1. The molecular weight excluding hydrogens is 232 g/mol. The van der Waals surface area contributed by atoms with Gasteiger partial charge in [-0.1, -0.05) is 12.2 Å². The van der Waals surface area contributed by atoms with Crippen molar-refractivity contribution in [2.24, 2.45) is 5.41 Å². The molecule has 98 valence electrons. The summed E-state index contributed by atoms with van der Waals surface area (Å²) in [6.07, 6.45) is 5.25. The third kappa shape index (κ3) is 1.56. The second kappa shape index (κ2) is 4.05. The van der Waals surface area contributed by atoms with Crippen molar-refractivity contribution in [1.29, 1.82) is 0 Å². The molecule has 0 aromatic heterocycles. The minimum absolute atomic E-state index is 0.0313. The first-order valence-corrected chi connectivity index (χ1v) is 6.06. The van der Waals surface area contributed by atoms with Crippen molar-refractivity contribution in [3.05, 3.63) is 23.3 Å². The van der Waals surface area contributed by atoms with Crippen LogP contribution in [0.1, 0.15) is 33.1 Å². The smallest absolute Gasteiger partial charge is 0.341 e. The summed E-state index contributed by atoms with van der Waals surface area (Å²) in [5.74, 6) is -0.929. The van der Waals surface area contributed by atoms with Crippen LogP contribution in [0.5, 0.6) is 0 Å². The number of allylic oxidation sites excluding steroid dienone is 2. The Labute approximate surface area is 106 Å².